The van der Waals surface area contributed by atoms with E-state index in [1.54, 1.807) is 11.8 Å². The zero-order chi connectivity index (χ0) is 12.2. The molecule has 0 unspecified atom stereocenters. The summed E-state index contributed by atoms with van der Waals surface area (Å²) in [6.07, 6.45) is 0. The zero-order valence-electron chi connectivity index (χ0n) is 8.71. The normalized spacial score (nSPS) is 9.12. The van der Waals surface area contributed by atoms with Crippen molar-refractivity contribution in [2.45, 2.75) is 11.5 Å². The molecule has 7 heteroatoms. The average molecular weight is 263 g/mol. The Hall–Kier alpha value is -0.730. The second-order valence-corrected chi connectivity index (χ2v) is 3.81. The molecule has 0 radical (unpaired) electrons. The standard InChI is InChI=1S/C9H13NO2S.O2S/c1-10-7-13-9-4-2-8(3-5-9)6-12-11;1-3-2/h2-5,10-11H,6-7H2,1H3;. The van der Waals surface area contributed by atoms with Crippen LogP contribution in [0.1, 0.15) is 5.56 Å². The van der Waals surface area contributed by atoms with Gasteiger partial charge in [-0.2, -0.15) is 8.42 Å². The topological polar surface area (TPSA) is 75.6 Å². The van der Waals surface area contributed by atoms with Gasteiger partial charge in [-0.25, -0.2) is 4.89 Å². The van der Waals surface area contributed by atoms with E-state index in [0.29, 0.717) is 0 Å². The molecule has 0 aliphatic rings. The maximum absolute atomic E-state index is 8.29. The Kier molecular flexibility index (Phi) is 10.3. The number of hydrogen-bond donors (Lipinski definition) is 2. The lowest BCUT2D eigenvalue weighted by molar-refractivity contribution is -0.253. The van der Waals surface area contributed by atoms with Gasteiger partial charge in [0.25, 0.3) is 0 Å². The molecule has 0 aliphatic heterocycles. The van der Waals surface area contributed by atoms with Crippen LogP contribution in [0.5, 0.6) is 0 Å². The summed E-state index contributed by atoms with van der Waals surface area (Å²) in [4.78, 5) is 5.23. The Morgan fingerprint density at radius 2 is 1.88 bits per heavy atom. The fraction of sp³-hybridized carbons (Fsp3) is 0.333. The first kappa shape index (κ1) is 15.3. The van der Waals surface area contributed by atoms with Crippen LogP contribution in [0.15, 0.2) is 29.2 Å². The molecule has 2 N–H and O–H groups in total. The van der Waals surface area contributed by atoms with Gasteiger partial charge in [0.2, 0.25) is 0 Å². The van der Waals surface area contributed by atoms with Crippen molar-refractivity contribution in [2.24, 2.45) is 0 Å². The van der Waals surface area contributed by atoms with E-state index in [1.807, 2.05) is 31.3 Å². The van der Waals surface area contributed by atoms with Crippen molar-refractivity contribution in [3.8, 4) is 0 Å². The Balaban J connectivity index is 0.000000673. The van der Waals surface area contributed by atoms with E-state index in [2.05, 4.69) is 10.2 Å². The molecule has 0 saturated heterocycles. The lowest BCUT2D eigenvalue weighted by atomic mass is 10.2. The fourth-order valence-corrected chi connectivity index (χ4v) is 1.55. The lowest BCUT2D eigenvalue weighted by Gasteiger charge is -2.01. The molecule has 0 bridgehead atoms. The Morgan fingerprint density at radius 1 is 1.31 bits per heavy atom. The summed E-state index contributed by atoms with van der Waals surface area (Å²) in [5, 5.41) is 11.3. The van der Waals surface area contributed by atoms with Crippen LogP contribution in [-0.2, 0) is 23.1 Å². The molecule has 90 valence electrons. The summed E-state index contributed by atoms with van der Waals surface area (Å²) in [5.41, 5.74) is 0.969. The molecular weight excluding hydrogens is 250 g/mol. The molecule has 1 rings (SSSR count). The van der Waals surface area contributed by atoms with Crippen molar-refractivity contribution >= 4 is 23.3 Å². The van der Waals surface area contributed by atoms with Crippen LogP contribution in [0, 0.1) is 0 Å². The van der Waals surface area contributed by atoms with Crippen LogP contribution >= 0.6 is 11.8 Å². The third-order valence-corrected chi connectivity index (χ3v) is 2.58. The van der Waals surface area contributed by atoms with Crippen LogP contribution in [0.3, 0.4) is 0 Å². The van der Waals surface area contributed by atoms with E-state index in [0.717, 1.165) is 11.4 Å². The van der Waals surface area contributed by atoms with E-state index in [9.17, 15) is 0 Å². The maximum Gasteiger partial charge on any atom is 0.335 e. The van der Waals surface area contributed by atoms with Gasteiger partial charge in [-0.1, -0.05) is 12.1 Å². The summed E-state index contributed by atoms with van der Waals surface area (Å²) in [6.45, 7) is 0.247. The quantitative estimate of drug-likeness (QED) is 0.361. The maximum atomic E-state index is 8.29. The molecular formula is C9H13NO4S2. The predicted octanol–water partition coefficient (Wildman–Crippen LogP) is 1.27. The first-order chi connectivity index (χ1) is 7.78. The Bertz CT molecular complexity index is 312. The summed E-state index contributed by atoms with van der Waals surface area (Å²) in [7, 11) is 1.92. The van der Waals surface area contributed by atoms with Gasteiger partial charge >= 0.3 is 11.6 Å². The highest BCUT2D eigenvalue weighted by Crippen LogP contribution is 2.17. The van der Waals surface area contributed by atoms with Crippen molar-refractivity contribution in [1.82, 2.24) is 5.32 Å². The molecule has 0 aromatic heterocycles. The fourth-order valence-electron chi connectivity index (χ4n) is 0.912. The summed E-state index contributed by atoms with van der Waals surface area (Å²) in [6, 6.07) is 7.90. The highest BCUT2D eigenvalue weighted by atomic mass is 32.2. The van der Waals surface area contributed by atoms with Gasteiger partial charge in [0, 0.05) is 10.8 Å². The van der Waals surface area contributed by atoms with Gasteiger partial charge < -0.3 is 5.32 Å². The van der Waals surface area contributed by atoms with E-state index < -0.39 is 11.6 Å². The summed E-state index contributed by atoms with van der Waals surface area (Å²) >= 11 is 0.983. The third-order valence-electron chi connectivity index (χ3n) is 1.54. The van der Waals surface area contributed by atoms with Crippen molar-refractivity contribution in [3.63, 3.8) is 0 Å². The van der Waals surface area contributed by atoms with Gasteiger partial charge in [-0.05, 0) is 24.7 Å². The monoisotopic (exact) mass is 263 g/mol. The van der Waals surface area contributed by atoms with Crippen LogP contribution in [-0.4, -0.2) is 26.6 Å². The van der Waals surface area contributed by atoms with Gasteiger partial charge in [0.15, 0.2) is 0 Å². The van der Waals surface area contributed by atoms with Crippen LogP contribution in [0.4, 0.5) is 0 Å². The molecule has 0 spiro atoms. The minimum atomic E-state index is -0.750. The predicted molar refractivity (Wildman–Crippen MR) is 62.6 cm³/mol. The summed E-state index contributed by atoms with van der Waals surface area (Å²) < 4.78 is 16.6. The van der Waals surface area contributed by atoms with Crippen LogP contribution < -0.4 is 5.32 Å². The van der Waals surface area contributed by atoms with E-state index in [-0.39, 0.29) is 6.61 Å². The molecule has 0 amide bonds. The largest absolute Gasteiger partial charge is 0.335 e. The molecule has 0 aliphatic carbocycles. The van der Waals surface area contributed by atoms with E-state index in [1.165, 1.54) is 4.90 Å². The Labute approximate surface area is 102 Å². The molecule has 1 aromatic rings. The van der Waals surface area contributed by atoms with E-state index >= 15 is 0 Å². The Morgan fingerprint density at radius 3 is 2.31 bits per heavy atom. The van der Waals surface area contributed by atoms with Crippen LogP contribution in [0.25, 0.3) is 0 Å². The number of rotatable bonds is 5. The molecule has 16 heavy (non-hydrogen) atoms. The van der Waals surface area contributed by atoms with Gasteiger partial charge in [0.1, 0.15) is 6.61 Å². The smallest absolute Gasteiger partial charge is 0.311 e. The number of benzene rings is 1. The van der Waals surface area contributed by atoms with Crippen molar-refractivity contribution in [3.05, 3.63) is 29.8 Å². The molecule has 0 atom stereocenters. The van der Waals surface area contributed by atoms with Gasteiger partial charge in [-0.3, -0.25) is 5.26 Å². The van der Waals surface area contributed by atoms with Crippen molar-refractivity contribution in [1.29, 1.82) is 0 Å². The first-order valence-corrected chi connectivity index (χ1v) is 5.98. The molecule has 5 nitrogen and oxygen atoms in total. The molecule has 0 saturated carbocycles. The van der Waals surface area contributed by atoms with E-state index in [4.69, 9.17) is 13.7 Å². The molecule has 0 fully saturated rings. The number of nitrogens with one attached hydrogen (secondary N) is 1. The minimum absolute atomic E-state index is 0.247. The second kappa shape index (κ2) is 10.8. The van der Waals surface area contributed by atoms with Gasteiger partial charge in [-0.15, -0.1) is 11.8 Å². The van der Waals surface area contributed by atoms with Crippen LogP contribution in [0.2, 0.25) is 0 Å². The second-order valence-electron chi connectivity index (χ2n) is 2.63. The zero-order valence-corrected chi connectivity index (χ0v) is 10.3. The minimum Gasteiger partial charge on any atom is -0.311 e. The molecule has 1 aromatic carbocycles. The SMILES string of the molecule is CNCSc1ccc(COO)cc1.O=S=O. The first-order valence-electron chi connectivity index (χ1n) is 4.33. The average Bonchev–Trinajstić information content (AvgIpc) is 2.30. The third kappa shape index (κ3) is 7.55. The van der Waals surface area contributed by atoms with Crippen molar-refractivity contribution in [2.75, 3.05) is 12.9 Å². The van der Waals surface area contributed by atoms with Crippen molar-refractivity contribution < 1.29 is 18.6 Å². The number of hydrogen-bond acceptors (Lipinski definition) is 6. The van der Waals surface area contributed by atoms with Gasteiger partial charge in [0.05, 0.1) is 0 Å². The highest BCUT2D eigenvalue weighted by molar-refractivity contribution is 7.99. The lowest BCUT2D eigenvalue weighted by Crippen LogP contribution is -2.02. The summed E-state index contributed by atoms with van der Waals surface area (Å²) in [5.74, 6) is 0.899. The molecule has 0 heterocycles. The highest BCUT2D eigenvalue weighted by Gasteiger charge is 1.94. The number of thioether (sulfide) groups is 1.